The van der Waals surface area contributed by atoms with Gasteiger partial charge in [-0.2, -0.15) is 4.68 Å². The number of fused-ring (bicyclic) bond motifs is 1. The number of thioether (sulfide) groups is 1. The first-order valence-corrected chi connectivity index (χ1v) is 12.6. The first kappa shape index (κ1) is 22.7. The molecule has 0 fully saturated rings. The molecule has 0 aliphatic carbocycles. The summed E-state index contributed by atoms with van der Waals surface area (Å²) >= 11 is 8.08. The van der Waals surface area contributed by atoms with Crippen molar-refractivity contribution in [1.82, 2.24) is 30.1 Å². The fourth-order valence-electron chi connectivity index (χ4n) is 3.99. The molecule has 0 aliphatic heterocycles. The van der Waals surface area contributed by atoms with Crippen molar-refractivity contribution in [3.05, 3.63) is 101 Å². The lowest BCUT2D eigenvalue weighted by atomic mass is 10.2. The largest absolute Gasteiger partial charge is 0.343 e. The van der Waals surface area contributed by atoms with Crippen LogP contribution in [-0.2, 0) is 13.1 Å². The molecule has 2 aromatic heterocycles. The van der Waals surface area contributed by atoms with Crippen molar-refractivity contribution in [1.29, 1.82) is 0 Å². The molecule has 5 rings (SSSR count). The molecule has 0 saturated heterocycles. The Balaban J connectivity index is 1.16. The van der Waals surface area contributed by atoms with Crippen molar-refractivity contribution in [3.8, 4) is 5.69 Å². The fraction of sp³-hybridized carbons (Fsp3) is 0.192. The monoisotopic (exact) mass is 488 g/mol. The van der Waals surface area contributed by atoms with Crippen LogP contribution in [0, 0.1) is 0 Å². The van der Waals surface area contributed by atoms with E-state index in [4.69, 9.17) is 11.6 Å². The first-order valence-electron chi connectivity index (χ1n) is 11.3. The molecule has 2 heterocycles. The molecule has 0 saturated carbocycles. The van der Waals surface area contributed by atoms with E-state index in [1.54, 1.807) is 16.4 Å². The Morgan fingerprint density at radius 3 is 2.56 bits per heavy atom. The minimum absolute atomic E-state index is 0.757. The molecule has 0 amide bonds. The van der Waals surface area contributed by atoms with Gasteiger partial charge in [0.2, 0.25) is 5.16 Å². The molecule has 1 N–H and O–H groups in total. The Hall–Kier alpha value is -3.13. The third-order valence-corrected chi connectivity index (χ3v) is 7.03. The quantitative estimate of drug-likeness (QED) is 0.205. The Bertz CT molecular complexity index is 1360. The molecule has 0 aliphatic rings. The van der Waals surface area contributed by atoms with Crippen molar-refractivity contribution in [3.63, 3.8) is 0 Å². The van der Waals surface area contributed by atoms with Gasteiger partial charge in [-0.3, -0.25) is 0 Å². The van der Waals surface area contributed by atoms with Crippen LogP contribution in [0.25, 0.3) is 16.6 Å². The molecule has 5 aromatic rings. The number of para-hydroxylation sites is 2. The molecule has 0 bridgehead atoms. The Morgan fingerprint density at radius 1 is 0.882 bits per heavy atom. The average molecular weight is 489 g/mol. The van der Waals surface area contributed by atoms with E-state index in [1.165, 1.54) is 16.5 Å². The van der Waals surface area contributed by atoms with E-state index < -0.39 is 0 Å². The van der Waals surface area contributed by atoms with Gasteiger partial charge in [0.25, 0.3) is 0 Å². The van der Waals surface area contributed by atoms with Gasteiger partial charge in [0.15, 0.2) is 0 Å². The Kier molecular flexibility index (Phi) is 7.24. The number of hydrogen-bond donors (Lipinski definition) is 1. The van der Waals surface area contributed by atoms with Gasteiger partial charge in [0, 0.05) is 41.0 Å². The maximum Gasteiger partial charge on any atom is 0.214 e. The zero-order chi connectivity index (χ0) is 23.2. The van der Waals surface area contributed by atoms with Crippen molar-refractivity contribution in [2.75, 3.05) is 12.3 Å². The van der Waals surface area contributed by atoms with Gasteiger partial charge >= 0.3 is 0 Å². The van der Waals surface area contributed by atoms with E-state index in [-0.39, 0.29) is 0 Å². The van der Waals surface area contributed by atoms with E-state index in [2.05, 4.69) is 61.9 Å². The van der Waals surface area contributed by atoms with Gasteiger partial charge in [0.05, 0.1) is 5.69 Å². The summed E-state index contributed by atoms with van der Waals surface area (Å²) in [5, 5.41) is 18.6. The van der Waals surface area contributed by atoms with Crippen LogP contribution in [0.1, 0.15) is 17.5 Å². The summed E-state index contributed by atoms with van der Waals surface area (Å²) < 4.78 is 4.07. The van der Waals surface area contributed by atoms with Gasteiger partial charge in [-0.05, 0) is 58.8 Å². The summed E-state index contributed by atoms with van der Waals surface area (Å²) in [5.74, 6) is 0.939. The van der Waals surface area contributed by atoms with Crippen LogP contribution < -0.4 is 5.32 Å². The lowest BCUT2D eigenvalue weighted by Crippen LogP contribution is -2.15. The SMILES string of the molecule is Clc1ccccc1Cn1cc(CNCCCSc2nnnn2-c2ccccc2)c2ccccc21. The minimum atomic E-state index is 0.757. The second-order valence-corrected chi connectivity index (χ2v) is 9.45. The third kappa shape index (κ3) is 5.17. The lowest BCUT2D eigenvalue weighted by Gasteiger charge is -2.07. The smallest absolute Gasteiger partial charge is 0.214 e. The normalized spacial score (nSPS) is 11.3. The van der Waals surface area contributed by atoms with Crippen molar-refractivity contribution < 1.29 is 0 Å². The van der Waals surface area contributed by atoms with Crippen LogP contribution in [0.3, 0.4) is 0 Å². The van der Waals surface area contributed by atoms with E-state index in [0.29, 0.717) is 0 Å². The van der Waals surface area contributed by atoms with Gasteiger partial charge < -0.3 is 9.88 Å². The number of halogens is 1. The zero-order valence-electron chi connectivity index (χ0n) is 18.6. The summed E-state index contributed by atoms with van der Waals surface area (Å²) in [4.78, 5) is 0. The van der Waals surface area contributed by atoms with Gasteiger partial charge in [-0.25, -0.2) is 0 Å². The summed E-state index contributed by atoms with van der Waals surface area (Å²) in [6.45, 7) is 2.50. The Morgan fingerprint density at radius 2 is 1.68 bits per heavy atom. The zero-order valence-corrected chi connectivity index (χ0v) is 20.2. The molecule has 34 heavy (non-hydrogen) atoms. The van der Waals surface area contributed by atoms with E-state index in [1.807, 2.05) is 48.5 Å². The van der Waals surface area contributed by atoms with Crippen molar-refractivity contribution >= 4 is 34.3 Å². The first-order chi connectivity index (χ1) is 16.8. The highest BCUT2D eigenvalue weighted by molar-refractivity contribution is 7.99. The number of nitrogens with one attached hydrogen (secondary N) is 1. The van der Waals surface area contributed by atoms with Crippen LogP contribution in [0.5, 0.6) is 0 Å². The summed E-state index contributed by atoms with van der Waals surface area (Å²) in [7, 11) is 0. The average Bonchev–Trinajstić information content (AvgIpc) is 3.48. The highest BCUT2D eigenvalue weighted by Crippen LogP contribution is 2.24. The van der Waals surface area contributed by atoms with Crippen LogP contribution in [0.2, 0.25) is 5.02 Å². The van der Waals surface area contributed by atoms with Crippen molar-refractivity contribution in [2.45, 2.75) is 24.7 Å². The summed E-state index contributed by atoms with van der Waals surface area (Å²) in [6, 6.07) is 26.5. The maximum absolute atomic E-state index is 6.40. The molecule has 0 atom stereocenters. The molecule has 0 unspecified atom stereocenters. The lowest BCUT2D eigenvalue weighted by molar-refractivity contribution is 0.677. The second-order valence-electron chi connectivity index (χ2n) is 7.98. The standard InChI is InChI=1S/C26H25ClN6S/c27-24-13-6-4-9-20(24)18-32-19-21(23-12-5-7-14-25(23)32)17-28-15-8-16-34-26-29-30-31-33(26)22-10-2-1-3-11-22/h1-7,9-14,19,28H,8,15-18H2. The maximum atomic E-state index is 6.40. The molecule has 0 spiro atoms. The predicted molar refractivity (Wildman–Crippen MR) is 139 cm³/mol. The summed E-state index contributed by atoms with van der Waals surface area (Å²) in [5.41, 5.74) is 4.62. The van der Waals surface area contributed by atoms with Crippen LogP contribution in [-0.4, -0.2) is 37.1 Å². The van der Waals surface area contributed by atoms with Crippen LogP contribution >= 0.6 is 23.4 Å². The van der Waals surface area contributed by atoms with E-state index in [9.17, 15) is 0 Å². The molecule has 3 aromatic carbocycles. The second kappa shape index (κ2) is 10.9. The predicted octanol–water partition coefficient (Wildman–Crippen LogP) is 5.59. The van der Waals surface area contributed by atoms with Gasteiger partial charge in [-0.1, -0.05) is 78.0 Å². The van der Waals surface area contributed by atoms with Gasteiger partial charge in [0.1, 0.15) is 0 Å². The number of rotatable bonds is 10. The van der Waals surface area contributed by atoms with Crippen LogP contribution in [0.4, 0.5) is 0 Å². The molecule has 0 radical (unpaired) electrons. The minimum Gasteiger partial charge on any atom is -0.343 e. The molecular formula is C26H25ClN6S. The Labute approximate surface area is 207 Å². The number of hydrogen-bond acceptors (Lipinski definition) is 5. The molecule has 8 heteroatoms. The van der Waals surface area contributed by atoms with E-state index in [0.717, 1.165) is 53.2 Å². The van der Waals surface area contributed by atoms with Gasteiger partial charge in [-0.15, -0.1) is 5.10 Å². The number of nitrogens with zero attached hydrogens (tertiary/aromatic N) is 5. The third-order valence-electron chi connectivity index (χ3n) is 5.66. The fourth-order valence-corrected chi connectivity index (χ4v) is 5.01. The molecular weight excluding hydrogens is 464 g/mol. The van der Waals surface area contributed by atoms with Crippen LogP contribution in [0.15, 0.2) is 90.2 Å². The molecule has 172 valence electrons. The number of benzene rings is 3. The van der Waals surface area contributed by atoms with Crippen molar-refractivity contribution in [2.24, 2.45) is 0 Å². The molecule has 6 nitrogen and oxygen atoms in total. The van der Waals surface area contributed by atoms with E-state index >= 15 is 0 Å². The topological polar surface area (TPSA) is 60.6 Å². The number of aromatic nitrogens is 5. The highest BCUT2D eigenvalue weighted by Gasteiger charge is 2.10. The number of tetrazole rings is 1. The summed E-state index contributed by atoms with van der Waals surface area (Å²) in [6.07, 6.45) is 3.26. The highest BCUT2D eigenvalue weighted by atomic mass is 35.5.